The predicted octanol–water partition coefficient (Wildman–Crippen LogP) is 7.89. The quantitative estimate of drug-likeness (QED) is 0.0123. The summed E-state index contributed by atoms with van der Waals surface area (Å²) in [5.41, 5.74) is 9.40. The molecule has 3 fully saturated rings. The average Bonchev–Trinajstić information content (AvgIpc) is 2.16. The number of likely N-dealkylation sites (tertiary alicyclic amines) is 2. The fourth-order valence-electron chi connectivity index (χ4n) is 12.4. The second-order valence-corrected chi connectivity index (χ2v) is 27.1. The Hall–Kier alpha value is -6.36. The summed E-state index contributed by atoms with van der Waals surface area (Å²) in [6, 6.07) is 8.41. The summed E-state index contributed by atoms with van der Waals surface area (Å²) in [4.78, 5) is 84.7. The maximum Gasteiger partial charge on any atom is 0.253 e. The van der Waals surface area contributed by atoms with Crippen molar-refractivity contribution in [2.24, 2.45) is 10.8 Å². The highest BCUT2D eigenvalue weighted by atomic mass is 32.1. The van der Waals surface area contributed by atoms with E-state index in [0.717, 1.165) is 122 Å². The van der Waals surface area contributed by atoms with Gasteiger partial charge in [0.2, 0.25) is 17.7 Å². The molecule has 5 heterocycles. The molecule has 1 aromatic carbocycles. The number of H-pyrrole nitrogens is 1. The average molecular weight is 1270 g/mol. The minimum atomic E-state index is -0.881. The molecule has 0 aliphatic carbocycles. The van der Waals surface area contributed by atoms with E-state index in [1.807, 2.05) is 103 Å². The molecule has 1 unspecified atom stereocenters. The van der Waals surface area contributed by atoms with Crippen LogP contribution in [-0.2, 0) is 37.0 Å². The van der Waals surface area contributed by atoms with Gasteiger partial charge in [0.25, 0.3) is 11.5 Å². The number of allylic oxidation sites excluding steroid dienone is 4. The molecule has 91 heavy (non-hydrogen) atoms. The maximum absolute atomic E-state index is 14.2. The van der Waals surface area contributed by atoms with Gasteiger partial charge in [-0.3, -0.25) is 34.2 Å². The molecule has 0 spiro atoms. The third-order valence-corrected chi connectivity index (χ3v) is 19.3. The van der Waals surface area contributed by atoms with Crippen LogP contribution in [0.4, 0.5) is 0 Å². The molecule has 3 saturated heterocycles. The number of pyridine rings is 1. The number of carbonyl (C=O) groups is 4. The summed E-state index contributed by atoms with van der Waals surface area (Å²) < 4.78 is 5.62. The number of nitrogens with zero attached hydrogens (tertiary/aromatic N) is 5. The molecule has 4 atom stereocenters. The topological polar surface area (TPSA) is 237 Å². The van der Waals surface area contributed by atoms with Crippen LogP contribution in [0.15, 0.2) is 113 Å². The number of rotatable bonds is 34. The Kier molecular flexibility index (Phi) is 28.8. The number of aromatic amines is 1. The van der Waals surface area contributed by atoms with Gasteiger partial charge in [0, 0.05) is 107 Å². The van der Waals surface area contributed by atoms with Crippen LogP contribution in [0.2, 0.25) is 0 Å². The lowest BCUT2D eigenvalue weighted by molar-refractivity contribution is -0.144. The van der Waals surface area contributed by atoms with Crippen LogP contribution in [0.5, 0.6) is 0 Å². The number of likely N-dealkylation sites (N-methyl/N-ethyl adjacent to an activating group) is 1. The molecule has 0 bridgehead atoms. The number of aliphatic hydroxyl groups excluding tert-OH is 2. The van der Waals surface area contributed by atoms with E-state index in [1.54, 1.807) is 17.4 Å². The third kappa shape index (κ3) is 22.4. The van der Waals surface area contributed by atoms with Crippen LogP contribution in [0.3, 0.4) is 0 Å². The van der Waals surface area contributed by atoms with Gasteiger partial charge in [-0.15, -0.1) is 11.3 Å². The summed E-state index contributed by atoms with van der Waals surface area (Å²) in [7, 11) is 0. The van der Waals surface area contributed by atoms with E-state index < -0.39 is 29.8 Å². The van der Waals surface area contributed by atoms with Crippen molar-refractivity contribution in [3.8, 4) is 10.4 Å². The Morgan fingerprint density at radius 3 is 2.32 bits per heavy atom. The monoisotopic (exact) mass is 1270 g/mol. The number of carbonyl (C=O) groups excluding carboxylic acids is 4. The number of ether oxygens (including phenoxy) is 1. The number of aromatic nitrogens is 2. The first kappa shape index (κ1) is 73.7. The number of piperidine rings is 1. The molecule has 3 aromatic rings. The molecule has 19 nitrogen and oxygen atoms in total. The van der Waals surface area contributed by atoms with Crippen molar-refractivity contribution < 1.29 is 34.1 Å². The van der Waals surface area contributed by atoms with Crippen LogP contribution in [-0.4, -0.2) is 179 Å². The molecular formula is C71H107N11O8S. The van der Waals surface area contributed by atoms with Gasteiger partial charge in [0.15, 0.2) is 0 Å². The molecule has 0 saturated carbocycles. The Balaban J connectivity index is 0.881. The summed E-state index contributed by atoms with van der Waals surface area (Å²) in [6.45, 7) is 41.7. The second-order valence-electron chi connectivity index (χ2n) is 26.2. The zero-order valence-electron chi connectivity index (χ0n) is 56.2. The molecular weight excluding hydrogens is 1170 g/mol. The Bertz CT molecular complexity index is 3090. The maximum atomic E-state index is 14.2. The highest BCUT2D eigenvalue weighted by molar-refractivity contribution is 7.13. The van der Waals surface area contributed by atoms with E-state index in [4.69, 9.17) is 4.74 Å². The van der Waals surface area contributed by atoms with Crippen molar-refractivity contribution in [1.29, 1.82) is 0 Å². The number of aryl methyl sites for hydroxylation is 3. The van der Waals surface area contributed by atoms with Gasteiger partial charge in [-0.1, -0.05) is 97.2 Å². The van der Waals surface area contributed by atoms with E-state index in [1.165, 1.54) is 4.90 Å². The van der Waals surface area contributed by atoms with Crippen molar-refractivity contribution >= 4 is 35.0 Å². The van der Waals surface area contributed by atoms with E-state index >= 15 is 0 Å². The number of benzene rings is 1. The predicted molar refractivity (Wildman–Crippen MR) is 366 cm³/mol. The van der Waals surface area contributed by atoms with E-state index in [0.29, 0.717) is 74.1 Å². The first-order valence-electron chi connectivity index (χ1n) is 32.9. The first-order valence-corrected chi connectivity index (χ1v) is 33.8. The smallest absolute Gasteiger partial charge is 0.253 e. The zero-order valence-corrected chi connectivity index (χ0v) is 57.1. The number of nitrogens with one attached hydrogen (secondary N) is 6. The number of thiazole rings is 1. The highest BCUT2D eigenvalue weighted by Crippen LogP contribution is 2.38. The number of amides is 4. The molecule has 3 aliphatic rings. The van der Waals surface area contributed by atoms with Gasteiger partial charge in [-0.05, 0) is 168 Å². The Labute approximate surface area is 546 Å². The van der Waals surface area contributed by atoms with Gasteiger partial charge < -0.3 is 55.9 Å². The van der Waals surface area contributed by atoms with Crippen LogP contribution >= 0.6 is 11.3 Å². The van der Waals surface area contributed by atoms with Gasteiger partial charge in [-0.2, -0.15) is 0 Å². The van der Waals surface area contributed by atoms with Crippen LogP contribution in [0, 0.1) is 31.6 Å². The largest absolute Gasteiger partial charge is 0.391 e. The number of hydrogen-bond donors (Lipinski definition) is 8. The fraction of sp³-hybridized carbons (Fsp3) is 0.577. The van der Waals surface area contributed by atoms with Gasteiger partial charge in [-0.25, -0.2) is 4.98 Å². The Morgan fingerprint density at radius 1 is 0.967 bits per heavy atom. The molecule has 20 heteroatoms. The summed E-state index contributed by atoms with van der Waals surface area (Å²) in [5, 5.41) is 37.7. The summed E-state index contributed by atoms with van der Waals surface area (Å²) in [5.74, 6) is -1.24. The Morgan fingerprint density at radius 2 is 1.68 bits per heavy atom. The van der Waals surface area contributed by atoms with Crippen molar-refractivity contribution in [3.05, 3.63) is 146 Å². The van der Waals surface area contributed by atoms with E-state index in [2.05, 4.69) is 91.8 Å². The molecule has 6 rings (SSSR count). The standard InChI is InChI=1S/C71H107N11O8S/c1-14-71(28-33-80(34-29-71)32-17-18-62(84)78-65(70(11,12)13)69(89)82-45-58(83)40-61(82)68(88)74-42-55-21-23-56(24-22-55)64-54(10)76-47-91-64)27-30-73-63(85)46-79(15-2)35-31-72-41-48(4)19-20-49(5)50(6)39-59(52(8)44-81(16-3)57-25-36-90-37-26-57)66(86)75-43-60-51(7)38-53(9)77-67(60)87/h19-24,38-39,44,47,57-58,61,63,65,72-73,83,85H,4-6,14-18,25-37,40-43,45-46H2,1-3,7-13H3,(H,74,88)(H,75,86)(H,77,87)(H,78,84)/b20-19-,52-44+,59-39+/t58-,61+,63?,65-/m1/s1. The lowest BCUT2D eigenvalue weighted by Gasteiger charge is -2.42. The summed E-state index contributed by atoms with van der Waals surface area (Å²) >= 11 is 1.58. The van der Waals surface area contributed by atoms with E-state index in [-0.39, 0.29) is 67.1 Å². The normalized spacial score (nSPS) is 18.3. The lowest BCUT2D eigenvalue weighted by atomic mass is 9.73. The molecule has 3 aliphatic heterocycles. The van der Waals surface area contributed by atoms with Crippen molar-refractivity contribution in [2.75, 3.05) is 85.2 Å². The van der Waals surface area contributed by atoms with Gasteiger partial charge in [0.05, 0.1) is 22.2 Å². The lowest BCUT2D eigenvalue weighted by Crippen LogP contribution is -2.57. The zero-order chi connectivity index (χ0) is 66.4. The SMILES string of the molecule is C=C(/C=C\C(=C)C(=C)/C=C(C(=O)NCc1c(C)cc(C)[nH]c1=O)\C(C)=C\N(CC)C1CCOCC1)CNCCN(CC)CC(O)NCCC1(CC)CCN(CCCC(=O)N[C@H](C(=O)N2C[C@H](O)C[C@H]2C(=O)NCc2ccc(-c3scnc3C)cc2)C(C)(C)C)CC1. The highest BCUT2D eigenvalue weighted by Gasteiger charge is 2.44. The number of β-amino-alcohol motifs (C(OH)–C–C–N with tert-alkyl or cyclic N) is 1. The first-order chi connectivity index (χ1) is 43.3. The molecule has 4 amide bonds. The number of aliphatic hydroxyl groups is 2. The van der Waals surface area contributed by atoms with Crippen LogP contribution in [0.1, 0.15) is 134 Å². The summed E-state index contributed by atoms with van der Waals surface area (Å²) in [6.07, 6.45) is 12.9. The van der Waals surface area contributed by atoms with Crippen molar-refractivity contribution in [3.63, 3.8) is 0 Å². The van der Waals surface area contributed by atoms with Crippen LogP contribution < -0.4 is 32.1 Å². The fourth-order valence-corrected chi connectivity index (χ4v) is 13.2. The molecule has 500 valence electrons. The second kappa shape index (κ2) is 35.6. The molecule has 2 aromatic heterocycles. The van der Waals surface area contributed by atoms with Crippen molar-refractivity contribution in [2.45, 2.75) is 171 Å². The minimum absolute atomic E-state index is 0.0185. The molecule has 8 N–H and O–H groups in total. The van der Waals surface area contributed by atoms with Crippen LogP contribution in [0.25, 0.3) is 10.4 Å². The third-order valence-electron chi connectivity index (χ3n) is 18.4. The molecule has 0 radical (unpaired) electrons. The minimum Gasteiger partial charge on any atom is -0.391 e. The van der Waals surface area contributed by atoms with Gasteiger partial charge in [0.1, 0.15) is 18.3 Å². The number of hydrogen-bond acceptors (Lipinski definition) is 15. The van der Waals surface area contributed by atoms with E-state index in [9.17, 15) is 34.2 Å². The van der Waals surface area contributed by atoms with Gasteiger partial charge >= 0.3 is 0 Å². The van der Waals surface area contributed by atoms with Crippen molar-refractivity contribution in [1.82, 2.24) is 56.2 Å².